The van der Waals surface area contributed by atoms with Crippen LogP contribution in [0.1, 0.15) is 25.7 Å². The van der Waals surface area contributed by atoms with E-state index in [0.717, 1.165) is 28.9 Å². The Balaban J connectivity index is 1.91. The first-order valence-electron chi connectivity index (χ1n) is 6.66. The number of rotatable bonds is 3. The Bertz CT molecular complexity index is 487. The van der Waals surface area contributed by atoms with Crippen molar-refractivity contribution in [1.29, 1.82) is 0 Å². The molecule has 3 nitrogen and oxygen atoms in total. The quantitative estimate of drug-likeness (QED) is 0.877. The summed E-state index contributed by atoms with van der Waals surface area (Å²) in [6.45, 7) is 1.12. The average Bonchev–Trinajstić information content (AvgIpc) is 2.83. The van der Waals surface area contributed by atoms with Crippen molar-refractivity contribution in [2.45, 2.75) is 31.7 Å². The van der Waals surface area contributed by atoms with Crippen LogP contribution >= 0.6 is 15.9 Å². The summed E-state index contributed by atoms with van der Waals surface area (Å²) in [6, 6.07) is 8.88. The van der Waals surface area contributed by atoms with Gasteiger partial charge in [0.05, 0.1) is 11.0 Å². The summed E-state index contributed by atoms with van der Waals surface area (Å²) in [5.74, 6) is 1.04. The van der Waals surface area contributed by atoms with Crippen LogP contribution in [0, 0.1) is 0 Å². The predicted molar refractivity (Wildman–Crippen MR) is 79.5 cm³/mol. The summed E-state index contributed by atoms with van der Waals surface area (Å²) in [4.78, 5) is 10.6. The van der Waals surface area contributed by atoms with Gasteiger partial charge in [0.1, 0.15) is 0 Å². The molecule has 2 aromatic rings. The molecule has 2 heterocycles. The highest BCUT2D eigenvalue weighted by molar-refractivity contribution is 9.09. The number of aromatic amines is 1. The molecule has 0 amide bonds. The number of hydrogen-bond acceptors (Lipinski definition) is 2. The Morgan fingerprint density at radius 1 is 1.33 bits per heavy atom. The van der Waals surface area contributed by atoms with Crippen molar-refractivity contribution in [3.63, 3.8) is 0 Å². The second-order valence-corrected chi connectivity index (χ2v) is 5.69. The molecule has 1 unspecified atom stereocenters. The van der Waals surface area contributed by atoms with Crippen LogP contribution in [0.5, 0.6) is 0 Å². The van der Waals surface area contributed by atoms with E-state index in [-0.39, 0.29) is 0 Å². The summed E-state index contributed by atoms with van der Waals surface area (Å²) in [6.07, 6.45) is 5.09. The second kappa shape index (κ2) is 5.31. The topological polar surface area (TPSA) is 31.9 Å². The molecule has 0 spiro atoms. The minimum atomic E-state index is 0.624. The number of para-hydroxylation sites is 2. The molecule has 18 heavy (non-hydrogen) atoms. The van der Waals surface area contributed by atoms with E-state index in [2.05, 4.69) is 44.0 Å². The van der Waals surface area contributed by atoms with Gasteiger partial charge in [-0.2, -0.15) is 0 Å². The molecule has 1 aliphatic heterocycles. The van der Waals surface area contributed by atoms with E-state index < -0.39 is 0 Å². The van der Waals surface area contributed by atoms with Crippen molar-refractivity contribution in [2.75, 3.05) is 16.8 Å². The summed E-state index contributed by atoms with van der Waals surface area (Å²) in [5.41, 5.74) is 2.20. The summed E-state index contributed by atoms with van der Waals surface area (Å²) in [7, 11) is 0. The van der Waals surface area contributed by atoms with E-state index in [1.54, 1.807) is 0 Å². The maximum absolute atomic E-state index is 4.72. The Hall–Kier alpha value is -1.03. The molecule has 1 atom stereocenters. The standard InChI is InChI=1S/C14H18BrN3/c15-9-8-11-5-3-4-10-18(11)14-16-12-6-1-2-7-13(12)17-14/h1-2,6-7,11H,3-5,8-10H2,(H,16,17). The highest BCUT2D eigenvalue weighted by Gasteiger charge is 2.24. The van der Waals surface area contributed by atoms with Crippen molar-refractivity contribution in [3.8, 4) is 0 Å². The number of nitrogens with zero attached hydrogens (tertiary/aromatic N) is 2. The third-order valence-corrected chi connectivity index (χ3v) is 4.18. The first-order chi connectivity index (χ1) is 8.88. The molecule has 4 heteroatoms. The zero-order valence-electron chi connectivity index (χ0n) is 10.4. The number of nitrogens with one attached hydrogen (secondary N) is 1. The highest BCUT2D eigenvalue weighted by Crippen LogP contribution is 2.26. The molecule has 1 saturated heterocycles. The fourth-order valence-electron chi connectivity index (χ4n) is 2.78. The highest BCUT2D eigenvalue weighted by atomic mass is 79.9. The van der Waals surface area contributed by atoms with Gasteiger partial charge >= 0.3 is 0 Å². The monoisotopic (exact) mass is 307 g/mol. The van der Waals surface area contributed by atoms with Gasteiger partial charge in [-0.15, -0.1) is 0 Å². The number of H-pyrrole nitrogens is 1. The molecule has 1 aromatic heterocycles. The number of aromatic nitrogens is 2. The van der Waals surface area contributed by atoms with Gasteiger partial charge in [0.2, 0.25) is 5.95 Å². The van der Waals surface area contributed by atoms with Crippen LogP contribution in [0.25, 0.3) is 11.0 Å². The number of piperidine rings is 1. The summed E-state index contributed by atoms with van der Waals surface area (Å²) < 4.78 is 0. The number of hydrogen-bond donors (Lipinski definition) is 1. The maximum Gasteiger partial charge on any atom is 0.204 e. The van der Waals surface area contributed by atoms with E-state index >= 15 is 0 Å². The molecule has 1 aromatic carbocycles. The predicted octanol–water partition coefficient (Wildman–Crippen LogP) is 3.71. The first-order valence-corrected chi connectivity index (χ1v) is 7.78. The fraction of sp³-hybridized carbons (Fsp3) is 0.500. The number of anilines is 1. The van der Waals surface area contributed by atoms with Gasteiger partial charge in [-0.05, 0) is 37.8 Å². The molecule has 0 bridgehead atoms. The Morgan fingerprint density at radius 3 is 3.06 bits per heavy atom. The zero-order valence-corrected chi connectivity index (χ0v) is 12.0. The number of benzene rings is 1. The van der Waals surface area contributed by atoms with Crippen LogP contribution in [-0.2, 0) is 0 Å². The molecular weight excluding hydrogens is 290 g/mol. The second-order valence-electron chi connectivity index (χ2n) is 4.90. The fourth-order valence-corrected chi connectivity index (χ4v) is 3.31. The van der Waals surface area contributed by atoms with Crippen LogP contribution in [0.15, 0.2) is 24.3 Å². The zero-order chi connectivity index (χ0) is 12.4. The van der Waals surface area contributed by atoms with E-state index in [1.165, 1.54) is 25.7 Å². The van der Waals surface area contributed by atoms with Gasteiger partial charge in [0, 0.05) is 17.9 Å². The van der Waals surface area contributed by atoms with Crippen molar-refractivity contribution in [2.24, 2.45) is 0 Å². The molecule has 1 aliphatic rings. The van der Waals surface area contributed by atoms with E-state index in [1.807, 2.05) is 6.07 Å². The number of alkyl halides is 1. The van der Waals surface area contributed by atoms with Gasteiger partial charge in [-0.3, -0.25) is 0 Å². The normalized spacial score (nSPS) is 20.5. The van der Waals surface area contributed by atoms with Gasteiger partial charge in [-0.1, -0.05) is 28.1 Å². The van der Waals surface area contributed by atoms with Crippen LogP contribution < -0.4 is 4.90 Å². The lowest BCUT2D eigenvalue weighted by Crippen LogP contribution is -2.40. The van der Waals surface area contributed by atoms with E-state index in [4.69, 9.17) is 4.98 Å². The van der Waals surface area contributed by atoms with Gasteiger partial charge < -0.3 is 9.88 Å². The lowest BCUT2D eigenvalue weighted by molar-refractivity contribution is 0.447. The number of fused-ring (bicyclic) bond motifs is 1. The molecule has 0 saturated carbocycles. The average molecular weight is 308 g/mol. The number of imidazole rings is 1. The third kappa shape index (κ3) is 2.26. The summed E-state index contributed by atoms with van der Waals surface area (Å²) >= 11 is 3.56. The van der Waals surface area contributed by atoms with Gasteiger partial charge in [0.25, 0.3) is 0 Å². The van der Waals surface area contributed by atoms with Crippen LogP contribution in [0.4, 0.5) is 5.95 Å². The van der Waals surface area contributed by atoms with E-state index in [9.17, 15) is 0 Å². The van der Waals surface area contributed by atoms with Crippen LogP contribution in [-0.4, -0.2) is 27.9 Å². The largest absolute Gasteiger partial charge is 0.339 e. The molecular formula is C14H18BrN3. The molecule has 3 rings (SSSR count). The lowest BCUT2D eigenvalue weighted by atomic mass is 10.0. The minimum Gasteiger partial charge on any atom is -0.339 e. The van der Waals surface area contributed by atoms with Crippen molar-refractivity contribution >= 4 is 32.9 Å². The number of halogens is 1. The Kier molecular flexibility index (Phi) is 3.55. The molecule has 0 aliphatic carbocycles. The third-order valence-electron chi connectivity index (χ3n) is 3.72. The Morgan fingerprint density at radius 2 is 2.22 bits per heavy atom. The molecule has 1 N–H and O–H groups in total. The van der Waals surface area contributed by atoms with Crippen molar-refractivity contribution in [3.05, 3.63) is 24.3 Å². The van der Waals surface area contributed by atoms with Crippen molar-refractivity contribution in [1.82, 2.24) is 9.97 Å². The maximum atomic E-state index is 4.72. The van der Waals surface area contributed by atoms with Gasteiger partial charge in [-0.25, -0.2) is 4.98 Å². The van der Waals surface area contributed by atoms with Crippen molar-refractivity contribution < 1.29 is 0 Å². The Labute approximate surface area is 116 Å². The summed E-state index contributed by atoms with van der Waals surface area (Å²) in [5, 5.41) is 1.06. The van der Waals surface area contributed by atoms with Gasteiger partial charge in [0.15, 0.2) is 0 Å². The lowest BCUT2D eigenvalue weighted by Gasteiger charge is -2.35. The van der Waals surface area contributed by atoms with Crippen LogP contribution in [0.3, 0.4) is 0 Å². The molecule has 96 valence electrons. The molecule has 1 fully saturated rings. The minimum absolute atomic E-state index is 0.624. The van der Waals surface area contributed by atoms with E-state index in [0.29, 0.717) is 6.04 Å². The smallest absolute Gasteiger partial charge is 0.204 e. The van der Waals surface area contributed by atoms with Crippen LogP contribution in [0.2, 0.25) is 0 Å². The molecule has 0 radical (unpaired) electrons. The SMILES string of the molecule is BrCCC1CCCCN1c1nc2ccccc2[nH]1. The first kappa shape index (κ1) is 12.0.